The Morgan fingerprint density at radius 2 is 2.07 bits per heavy atom. The zero-order chi connectivity index (χ0) is 19.4. The first kappa shape index (κ1) is 20.1. The van der Waals surface area contributed by atoms with Gasteiger partial charge in [0, 0.05) is 32.3 Å². The van der Waals surface area contributed by atoms with Crippen LogP contribution in [0.15, 0.2) is 6.20 Å². The van der Waals surface area contributed by atoms with Crippen molar-refractivity contribution in [1.82, 2.24) is 19.4 Å². The quantitative estimate of drug-likeness (QED) is 0.775. The van der Waals surface area contributed by atoms with Crippen molar-refractivity contribution < 1.29 is 17.9 Å². The molecule has 0 aromatic carbocycles. The summed E-state index contributed by atoms with van der Waals surface area (Å²) in [6, 6.07) is -0.591. The van der Waals surface area contributed by atoms with E-state index in [-0.39, 0.29) is 18.6 Å². The zero-order valence-electron chi connectivity index (χ0n) is 16.0. The fraction of sp³-hybridized carbons (Fsp3) is 0.765. The lowest BCUT2D eigenvalue weighted by atomic mass is 9.86. The second-order valence-corrected chi connectivity index (χ2v) is 9.24. The molecule has 0 spiro atoms. The van der Waals surface area contributed by atoms with E-state index in [2.05, 4.69) is 15.1 Å². The molecular weight excluding hydrogens is 370 g/mol. The van der Waals surface area contributed by atoms with Crippen molar-refractivity contribution >= 4 is 21.7 Å². The number of sulfonamides is 1. The van der Waals surface area contributed by atoms with E-state index in [4.69, 9.17) is 4.74 Å². The smallest absolute Gasteiger partial charge is 0.322 e. The number of carbonyl (C=O) groups is 1. The summed E-state index contributed by atoms with van der Waals surface area (Å²) in [4.78, 5) is 14.5. The van der Waals surface area contributed by atoms with Gasteiger partial charge in [0.15, 0.2) is 0 Å². The molecule has 3 rings (SSSR count). The van der Waals surface area contributed by atoms with Crippen molar-refractivity contribution in [2.75, 3.05) is 37.9 Å². The lowest BCUT2D eigenvalue weighted by molar-refractivity contribution is 0.0176. The molecule has 1 atom stereocenters. The maximum absolute atomic E-state index is 12.9. The SMILES string of the molecule is Cn1cc(NC(=O)N2CCOCC2CNS(C)(=O)=O)c(C2CCCCC2)n1. The van der Waals surface area contributed by atoms with E-state index in [1.807, 2.05) is 13.2 Å². The van der Waals surface area contributed by atoms with Crippen LogP contribution in [0.4, 0.5) is 10.5 Å². The normalized spacial score (nSPS) is 22.0. The van der Waals surface area contributed by atoms with Crippen molar-refractivity contribution in [3.05, 3.63) is 11.9 Å². The van der Waals surface area contributed by atoms with Crippen molar-refractivity contribution in [3.63, 3.8) is 0 Å². The predicted octanol–water partition coefficient (Wildman–Crippen LogP) is 1.25. The van der Waals surface area contributed by atoms with Gasteiger partial charge in [-0.05, 0) is 12.8 Å². The molecule has 27 heavy (non-hydrogen) atoms. The number of nitrogens with zero attached hydrogens (tertiary/aromatic N) is 3. The summed E-state index contributed by atoms with van der Waals surface area (Å²) in [5.41, 5.74) is 1.69. The summed E-state index contributed by atoms with van der Waals surface area (Å²) < 4.78 is 32.4. The Bertz CT molecular complexity index is 757. The third-order valence-corrected chi connectivity index (χ3v) is 5.85. The molecule has 1 aromatic heterocycles. The van der Waals surface area contributed by atoms with Crippen molar-refractivity contribution in [3.8, 4) is 0 Å². The molecule has 2 heterocycles. The van der Waals surface area contributed by atoms with Crippen LogP contribution in [0, 0.1) is 0 Å². The minimum absolute atomic E-state index is 0.134. The van der Waals surface area contributed by atoms with Gasteiger partial charge < -0.3 is 15.0 Å². The fourth-order valence-electron chi connectivity index (χ4n) is 3.81. The summed E-state index contributed by atoms with van der Waals surface area (Å²) in [7, 11) is -1.47. The highest BCUT2D eigenvalue weighted by atomic mass is 32.2. The highest BCUT2D eigenvalue weighted by Gasteiger charge is 2.30. The first-order valence-corrected chi connectivity index (χ1v) is 11.4. The molecular formula is C17H29N5O4S. The molecule has 152 valence electrons. The molecule has 1 saturated carbocycles. The number of aromatic nitrogens is 2. The van der Waals surface area contributed by atoms with E-state index in [0.717, 1.165) is 30.5 Å². The van der Waals surface area contributed by atoms with Gasteiger partial charge in [0.2, 0.25) is 10.0 Å². The van der Waals surface area contributed by atoms with E-state index >= 15 is 0 Å². The van der Waals surface area contributed by atoms with Crippen LogP contribution in [-0.4, -0.2) is 67.7 Å². The van der Waals surface area contributed by atoms with Gasteiger partial charge in [0.05, 0.1) is 36.9 Å². The number of aryl methyl sites for hydroxylation is 1. The Morgan fingerprint density at radius 3 is 2.78 bits per heavy atom. The van der Waals surface area contributed by atoms with Gasteiger partial charge in [-0.15, -0.1) is 0 Å². The number of hydrogen-bond donors (Lipinski definition) is 2. The number of morpholine rings is 1. The highest BCUT2D eigenvalue weighted by Crippen LogP contribution is 2.35. The van der Waals surface area contributed by atoms with Crippen molar-refractivity contribution in [1.29, 1.82) is 0 Å². The Morgan fingerprint density at radius 1 is 1.33 bits per heavy atom. The average molecular weight is 400 g/mol. The molecule has 2 amide bonds. The molecule has 0 bridgehead atoms. The molecule has 2 N–H and O–H groups in total. The maximum atomic E-state index is 12.9. The second-order valence-electron chi connectivity index (χ2n) is 7.41. The number of rotatable bonds is 5. The van der Waals surface area contributed by atoms with Gasteiger partial charge in [-0.3, -0.25) is 4.68 Å². The minimum Gasteiger partial charge on any atom is -0.377 e. The molecule has 1 aromatic rings. The van der Waals surface area contributed by atoms with Crippen LogP contribution in [0.25, 0.3) is 0 Å². The summed E-state index contributed by atoms with van der Waals surface area (Å²) in [6.45, 7) is 1.29. The van der Waals surface area contributed by atoms with Gasteiger partial charge >= 0.3 is 6.03 Å². The third-order valence-electron chi connectivity index (χ3n) is 5.16. The van der Waals surface area contributed by atoms with Gasteiger partial charge in [-0.1, -0.05) is 19.3 Å². The number of urea groups is 1. The van der Waals surface area contributed by atoms with E-state index in [0.29, 0.717) is 25.7 Å². The standard InChI is InChI=1S/C17H29N5O4S/c1-21-11-15(16(20-21)13-6-4-3-5-7-13)19-17(23)22-8-9-26-12-14(22)10-18-27(2,24)25/h11,13-14,18H,3-10,12H2,1-2H3,(H,19,23). The van der Waals surface area contributed by atoms with Crippen LogP contribution in [0.1, 0.15) is 43.7 Å². The number of nitrogens with one attached hydrogen (secondary N) is 2. The number of amides is 2. The Hall–Kier alpha value is -1.65. The Balaban J connectivity index is 1.70. The highest BCUT2D eigenvalue weighted by molar-refractivity contribution is 7.88. The molecule has 2 fully saturated rings. The zero-order valence-corrected chi connectivity index (χ0v) is 16.8. The Labute approximate surface area is 160 Å². The van der Waals surface area contributed by atoms with E-state index < -0.39 is 10.0 Å². The summed E-state index contributed by atoms with van der Waals surface area (Å²) in [5, 5.41) is 7.58. The Kier molecular flexibility index (Phi) is 6.38. The third kappa shape index (κ3) is 5.43. The topological polar surface area (TPSA) is 106 Å². The van der Waals surface area contributed by atoms with E-state index in [1.54, 1.807) is 9.58 Å². The first-order chi connectivity index (χ1) is 12.8. The second kappa shape index (κ2) is 8.57. The van der Waals surface area contributed by atoms with Crippen LogP contribution in [0.3, 0.4) is 0 Å². The average Bonchev–Trinajstić information content (AvgIpc) is 3.00. The molecule has 0 radical (unpaired) electrons. The largest absolute Gasteiger partial charge is 0.377 e. The molecule has 1 aliphatic heterocycles. The van der Waals surface area contributed by atoms with Crippen LogP contribution >= 0.6 is 0 Å². The number of anilines is 1. The number of ether oxygens (including phenoxy) is 1. The fourth-order valence-corrected chi connectivity index (χ4v) is 4.30. The summed E-state index contributed by atoms with van der Waals surface area (Å²) in [5.74, 6) is 0.377. The van der Waals surface area contributed by atoms with Gasteiger partial charge in [0.25, 0.3) is 0 Å². The molecule has 9 nitrogen and oxygen atoms in total. The summed E-state index contributed by atoms with van der Waals surface area (Å²) >= 11 is 0. The molecule has 1 saturated heterocycles. The van der Waals surface area contributed by atoms with E-state index in [9.17, 15) is 13.2 Å². The van der Waals surface area contributed by atoms with Crippen molar-refractivity contribution in [2.24, 2.45) is 7.05 Å². The molecule has 1 aliphatic carbocycles. The van der Waals surface area contributed by atoms with Crippen LogP contribution in [-0.2, 0) is 21.8 Å². The predicted molar refractivity (Wildman–Crippen MR) is 102 cm³/mol. The van der Waals surface area contributed by atoms with Gasteiger partial charge in [-0.25, -0.2) is 17.9 Å². The number of hydrogen-bond acceptors (Lipinski definition) is 5. The molecule has 1 unspecified atom stereocenters. The lowest BCUT2D eigenvalue weighted by Crippen LogP contribution is -2.54. The van der Waals surface area contributed by atoms with Crippen LogP contribution in [0.5, 0.6) is 0 Å². The van der Waals surface area contributed by atoms with Gasteiger partial charge in [0.1, 0.15) is 0 Å². The summed E-state index contributed by atoms with van der Waals surface area (Å²) in [6.07, 6.45) is 8.78. The van der Waals surface area contributed by atoms with Crippen LogP contribution < -0.4 is 10.0 Å². The number of carbonyl (C=O) groups excluding carboxylic acids is 1. The maximum Gasteiger partial charge on any atom is 0.322 e. The van der Waals surface area contributed by atoms with Gasteiger partial charge in [-0.2, -0.15) is 5.10 Å². The monoisotopic (exact) mass is 399 g/mol. The molecule has 10 heteroatoms. The first-order valence-electron chi connectivity index (χ1n) is 9.47. The lowest BCUT2D eigenvalue weighted by Gasteiger charge is -2.35. The van der Waals surface area contributed by atoms with E-state index in [1.165, 1.54) is 19.3 Å². The van der Waals surface area contributed by atoms with Crippen LogP contribution in [0.2, 0.25) is 0 Å². The minimum atomic E-state index is -3.33. The molecule has 2 aliphatic rings. The van der Waals surface area contributed by atoms with Crippen molar-refractivity contribution in [2.45, 2.75) is 44.1 Å².